The molecule has 6 nitrogen and oxygen atoms in total. The molecule has 1 amide bonds. The summed E-state index contributed by atoms with van der Waals surface area (Å²) in [5, 5.41) is 14.7. The van der Waals surface area contributed by atoms with Crippen LogP contribution in [0.25, 0.3) is 5.69 Å². The Morgan fingerprint density at radius 1 is 1.09 bits per heavy atom. The minimum Gasteiger partial charge on any atom is -0.497 e. The zero-order valence-corrected chi connectivity index (χ0v) is 20.7. The number of carbonyl (C=O) groups excluding carboxylic acids is 1. The van der Waals surface area contributed by atoms with Gasteiger partial charge in [-0.15, -0.1) is 21.5 Å². The van der Waals surface area contributed by atoms with Gasteiger partial charge in [-0.2, -0.15) is 0 Å². The molecule has 2 heterocycles. The number of rotatable bonds is 8. The number of carbonyl (C=O) groups is 1. The molecule has 4 rings (SSSR count). The maximum atomic E-state index is 12.8. The second kappa shape index (κ2) is 10.2. The van der Waals surface area contributed by atoms with Crippen LogP contribution in [-0.4, -0.2) is 33.5 Å². The molecule has 8 heteroatoms. The van der Waals surface area contributed by atoms with Crippen molar-refractivity contribution in [3.8, 4) is 11.4 Å². The Hall–Kier alpha value is -3.10. The summed E-state index contributed by atoms with van der Waals surface area (Å²) in [7, 11) is 1.65. The van der Waals surface area contributed by atoms with Crippen LogP contribution in [0.5, 0.6) is 5.75 Å². The number of aromatic nitrogens is 3. The van der Waals surface area contributed by atoms with E-state index in [9.17, 15) is 4.79 Å². The Balaban J connectivity index is 1.55. The standard InChI is InChI=1S/C25H26N4O2S2/c1-16-12-17(2)24(18(3)13-16)26-23(30)15-33-25-28-27-22(14-21-6-5-11-32-21)29(25)19-7-9-20(31-4)10-8-19/h5-13H,14-15H2,1-4H3,(H,26,30). The topological polar surface area (TPSA) is 69.0 Å². The monoisotopic (exact) mass is 478 g/mol. The summed E-state index contributed by atoms with van der Waals surface area (Å²) in [6.07, 6.45) is 0.672. The molecule has 0 fully saturated rings. The summed E-state index contributed by atoms with van der Waals surface area (Å²) >= 11 is 3.07. The Morgan fingerprint density at radius 3 is 2.45 bits per heavy atom. The molecule has 0 saturated heterocycles. The number of hydrogen-bond donors (Lipinski definition) is 1. The molecule has 170 valence electrons. The molecular formula is C25H26N4O2S2. The van der Waals surface area contributed by atoms with E-state index < -0.39 is 0 Å². The first-order valence-electron chi connectivity index (χ1n) is 10.6. The van der Waals surface area contributed by atoms with Gasteiger partial charge in [-0.3, -0.25) is 9.36 Å². The largest absolute Gasteiger partial charge is 0.497 e. The summed E-state index contributed by atoms with van der Waals surface area (Å²) in [6.45, 7) is 6.08. The van der Waals surface area contributed by atoms with Crippen LogP contribution in [0.15, 0.2) is 59.1 Å². The van der Waals surface area contributed by atoms with Gasteiger partial charge in [0.25, 0.3) is 0 Å². The number of amides is 1. The Morgan fingerprint density at radius 2 is 1.82 bits per heavy atom. The molecule has 0 atom stereocenters. The van der Waals surface area contributed by atoms with E-state index in [1.54, 1.807) is 18.4 Å². The van der Waals surface area contributed by atoms with E-state index in [4.69, 9.17) is 4.74 Å². The van der Waals surface area contributed by atoms with Gasteiger partial charge in [-0.1, -0.05) is 35.5 Å². The predicted octanol–water partition coefficient (Wildman–Crippen LogP) is 5.58. The molecule has 0 saturated carbocycles. The van der Waals surface area contributed by atoms with Crippen molar-refractivity contribution < 1.29 is 9.53 Å². The fourth-order valence-corrected chi connectivity index (χ4v) is 5.22. The van der Waals surface area contributed by atoms with Gasteiger partial charge in [0.1, 0.15) is 11.6 Å². The lowest BCUT2D eigenvalue weighted by Gasteiger charge is -2.13. The van der Waals surface area contributed by atoms with Crippen molar-refractivity contribution in [3.05, 3.63) is 81.3 Å². The van der Waals surface area contributed by atoms with Crippen molar-refractivity contribution in [1.29, 1.82) is 0 Å². The van der Waals surface area contributed by atoms with Crippen LogP contribution in [0.2, 0.25) is 0 Å². The molecule has 0 unspecified atom stereocenters. The van der Waals surface area contributed by atoms with E-state index in [1.807, 2.05) is 48.7 Å². The number of nitrogens with zero attached hydrogens (tertiary/aromatic N) is 3. The SMILES string of the molecule is COc1ccc(-n2c(Cc3cccs3)nnc2SCC(=O)Nc2c(C)cc(C)cc2C)cc1. The number of thiophene rings is 1. The fraction of sp³-hybridized carbons (Fsp3) is 0.240. The van der Waals surface area contributed by atoms with Gasteiger partial charge < -0.3 is 10.1 Å². The van der Waals surface area contributed by atoms with E-state index in [-0.39, 0.29) is 11.7 Å². The minimum absolute atomic E-state index is 0.0702. The summed E-state index contributed by atoms with van der Waals surface area (Å²) < 4.78 is 7.31. The highest BCUT2D eigenvalue weighted by Crippen LogP contribution is 2.27. The smallest absolute Gasteiger partial charge is 0.234 e. The number of methoxy groups -OCH3 is 1. The van der Waals surface area contributed by atoms with Gasteiger partial charge in [-0.05, 0) is 67.6 Å². The Labute approximate surface area is 202 Å². The lowest BCUT2D eigenvalue weighted by atomic mass is 10.1. The minimum atomic E-state index is -0.0702. The highest BCUT2D eigenvalue weighted by Gasteiger charge is 2.17. The maximum absolute atomic E-state index is 12.8. The van der Waals surface area contributed by atoms with Gasteiger partial charge in [0.05, 0.1) is 12.9 Å². The first-order chi connectivity index (χ1) is 15.9. The molecule has 1 N–H and O–H groups in total. The highest BCUT2D eigenvalue weighted by molar-refractivity contribution is 7.99. The molecular weight excluding hydrogens is 452 g/mol. The molecule has 0 aliphatic rings. The average Bonchev–Trinajstić information content (AvgIpc) is 3.45. The molecule has 0 aliphatic carbocycles. The molecule has 0 spiro atoms. The normalized spacial score (nSPS) is 10.9. The lowest BCUT2D eigenvalue weighted by molar-refractivity contribution is -0.113. The van der Waals surface area contributed by atoms with Crippen LogP contribution in [0, 0.1) is 20.8 Å². The molecule has 0 aliphatic heterocycles. The number of nitrogens with one attached hydrogen (secondary N) is 1. The molecule has 2 aromatic heterocycles. The first-order valence-corrected chi connectivity index (χ1v) is 12.4. The third-order valence-electron chi connectivity index (χ3n) is 5.22. The lowest BCUT2D eigenvalue weighted by Crippen LogP contribution is -2.16. The van der Waals surface area contributed by atoms with Crippen LogP contribution < -0.4 is 10.1 Å². The summed E-state index contributed by atoms with van der Waals surface area (Å²) in [5.74, 6) is 1.78. The van der Waals surface area contributed by atoms with Crippen molar-refractivity contribution >= 4 is 34.7 Å². The van der Waals surface area contributed by atoms with E-state index in [1.165, 1.54) is 22.2 Å². The Bertz CT molecular complexity index is 1230. The quantitative estimate of drug-likeness (QED) is 0.335. The molecule has 0 radical (unpaired) electrons. The Kier molecular flexibility index (Phi) is 7.15. The van der Waals surface area contributed by atoms with Crippen LogP contribution in [0.3, 0.4) is 0 Å². The van der Waals surface area contributed by atoms with Gasteiger partial charge >= 0.3 is 0 Å². The number of aryl methyl sites for hydroxylation is 3. The predicted molar refractivity (Wildman–Crippen MR) is 135 cm³/mol. The number of ether oxygens (including phenoxy) is 1. The molecule has 4 aromatic rings. The number of anilines is 1. The van der Waals surface area contributed by atoms with Crippen molar-refractivity contribution in [2.24, 2.45) is 0 Å². The van der Waals surface area contributed by atoms with E-state index in [0.29, 0.717) is 11.6 Å². The average molecular weight is 479 g/mol. The van der Waals surface area contributed by atoms with Gasteiger partial charge in [-0.25, -0.2) is 0 Å². The third kappa shape index (κ3) is 5.46. The van der Waals surface area contributed by atoms with Crippen molar-refractivity contribution in [1.82, 2.24) is 14.8 Å². The molecule has 2 aromatic carbocycles. The second-order valence-corrected chi connectivity index (χ2v) is 9.77. The number of hydrogen-bond acceptors (Lipinski definition) is 6. The van der Waals surface area contributed by atoms with Crippen molar-refractivity contribution in [2.75, 3.05) is 18.2 Å². The third-order valence-corrected chi connectivity index (χ3v) is 7.02. The highest BCUT2D eigenvalue weighted by atomic mass is 32.2. The van der Waals surface area contributed by atoms with E-state index in [0.717, 1.165) is 34.1 Å². The zero-order valence-electron chi connectivity index (χ0n) is 19.1. The van der Waals surface area contributed by atoms with Crippen molar-refractivity contribution in [2.45, 2.75) is 32.3 Å². The van der Waals surface area contributed by atoms with Crippen molar-refractivity contribution in [3.63, 3.8) is 0 Å². The second-order valence-electron chi connectivity index (χ2n) is 7.80. The number of benzene rings is 2. The van der Waals surface area contributed by atoms with Crippen LogP contribution in [0.1, 0.15) is 27.4 Å². The summed E-state index contributed by atoms with van der Waals surface area (Å²) in [6, 6.07) is 16.0. The molecule has 33 heavy (non-hydrogen) atoms. The summed E-state index contributed by atoms with van der Waals surface area (Å²) in [5.41, 5.74) is 5.11. The van der Waals surface area contributed by atoms with E-state index in [2.05, 4.69) is 46.0 Å². The molecule has 0 bridgehead atoms. The van der Waals surface area contributed by atoms with Gasteiger partial charge in [0, 0.05) is 22.7 Å². The van der Waals surface area contributed by atoms with Crippen LogP contribution in [-0.2, 0) is 11.2 Å². The first kappa shape index (κ1) is 23.1. The van der Waals surface area contributed by atoms with Gasteiger partial charge in [0.2, 0.25) is 5.91 Å². The maximum Gasteiger partial charge on any atom is 0.234 e. The fourth-order valence-electron chi connectivity index (χ4n) is 3.75. The van der Waals surface area contributed by atoms with Crippen LogP contribution in [0.4, 0.5) is 5.69 Å². The van der Waals surface area contributed by atoms with Crippen LogP contribution >= 0.6 is 23.1 Å². The van der Waals surface area contributed by atoms with E-state index >= 15 is 0 Å². The zero-order chi connectivity index (χ0) is 23.4. The summed E-state index contributed by atoms with van der Waals surface area (Å²) in [4.78, 5) is 14.0. The number of thioether (sulfide) groups is 1. The van der Waals surface area contributed by atoms with Gasteiger partial charge in [0.15, 0.2) is 5.16 Å².